The van der Waals surface area contributed by atoms with E-state index in [-0.39, 0.29) is 11.7 Å². The number of carboxylic acid groups (broad SMARTS) is 1. The van der Waals surface area contributed by atoms with Gasteiger partial charge in [0.15, 0.2) is 11.5 Å². The third-order valence-corrected chi connectivity index (χ3v) is 6.42. The lowest BCUT2D eigenvalue weighted by atomic mass is 9.69. The Morgan fingerprint density at radius 3 is 2.70 bits per heavy atom. The van der Waals surface area contributed by atoms with E-state index in [1.807, 2.05) is 18.2 Å². The average Bonchev–Trinajstić information content (AvgIpc) is 3.26. The maximum absolute atomic E-state index is 11.6. The van der Waals surface area contributed by atoms with Crippen molar-refractivity contribution in [2.75, 3.05) is 7.11 Å². The molecule has 0 radical (unpaired) electrons. The molecule has 2 aromatic rings. The van der Waals surface area contributed by atoms with Crippen molar-refractivity contribution in [2.45, 2.75) is 63.4 Å². The Hall–Kier alpha value is -3.07. The fourth-order valence-corrected chi connectivity index (χ4v) is 4.69. The molecule has 1 aromatic heterocycles. The van der Waals surface area contributed by atoms with Crippen LogP contribution in [0.15, 0.2) is 24.3 Å². The molecule has 2 aliphatic rings. The molecular weight excluding hydrogens is 380 g/mol. The summed E-state index contributed by atoms with van der Waals surface area (Å²) in [6, 6.07) is 9.94. The third-order valence-electron chi connectivity index (χ3n) is 6.42. The van der Waals surface area contributed by atoms with Gasteiger partial charge in [-0.25, -0.2) is 4.79 Å². The molecule has 1 aromatic carbocycles. The smallest absolute Gasteiger partial charge is 0.337 e. The highest BCUT2D eigenvalue weighted by Crippen LogP contribution is 2.42. The Morgan fingerprint density at radius 1 is 1.27 bits per heavy atom. The van der Waals surface area contributed by atoms with Gasteiger partial charge in [0, 0.05) is 5.69 Å². The summed E-state index contributed by atoms with van der Waals surface area (Å²) in [6.45, 7) is 1.71. The van der Waals surface area contributed by atoms with Crippen LogP contribution in [-0.4, -0.2) is 29.3 Å². The number of pyridine rings is 1. The van der Waals surface area contributed by atoms with E-state index in [2.05, 4.69) is 11.1 Å². The second-order valence-electron chi connectivity index (χ2n) is 8.29. The molecule has 6 nitrogen and oxygen atoms in total. The van der Waals surface area contributed by atoms with Gasteiger partial charge >= 0.3 is 5.97 Å². The topological polar surface area (TPSA) is 92.4 Å². The average molecular weight is 406 g/mol. The lowest BCUT2D eigenvalue weighted by Crippen LogP contribution is -2.33. The number of nitrogens with zero attached hydrogens (tertiary/aromatic N) is 2. The highest BCUT2D eigenvalue weighted by atomic mass is 16.5. The quantitative estimate of drug-likeness (QED) is 0.793. The molecule has 156 valence electrons. The van der Waals surface area contributed by atoms with Crippen LogP contribution < -0.4 is 9.47 Å². The molecule has 1 fully saturated rings. The number of ether oxygens (including phenoxy) is 2. The predicted octanol–water partition coefficient (Wildman–Crippen LogP) is 4.37. The van der Waals surface area contributed by atoms with E-state index in [9.17, 15) is 15.2 Å². The number of aryl methyl sites for hydroxylation is 2. The van der Waals surface area contributed by atoms with Crippen LogP contribution >= 0.6 is 0 Å². The summed E-state index contributed by atoms with van der Waals surface area (Å²) in [6.07, 6.45) is 6.29. The Labute approximate surface area is 176 Å². The SMILES string of the molecule is COc1ccc(C2(C#N)CCc3nc(C)c(C(=O)O)cc3C2)cc1OC1CCCC1. The number of hydrogen-bond acceptors (Lipinski definition) is 5. The minimum atomic E-state index is -0.993. The Kier molecular flexibility index (Phi) is 5.38. The van der Waals surface area contributed by atoms with Crippen LogP contribution in [0.4, 0.5) is 0 Å². The molecule has 4 rings (SSSR count). The fraction of sp³-hybridized carbons (Fsp3) is 0.458. The molecule has 0 aliphatic heterocycles. The number of hydrogen-bond donors (Lipinski definition) is 1. The first-order valence-electron chi connectivity index (χ1n) is 10.4. The molecule has 1 unspecified atom stereocenters. The van der Waals surface area contributed by atoms with Crippen LogP contribution in [0.3, 0.4) is 0 Å². The zero-order chi connectivity index (χ0) is 21.3. The Balaban J connectivity index is 1.71. The zero-order valence-corrected chi connectivity index (χ0v) is 17.4. The summed E-state index contributed by atoms with van der Waals surface area (Å²) in [5.41, 5.74) is 2.56. The van der Waals surface area contributed by atoms with Crippen LogP contribution in [0.1, 0.15) is 65.0 Å². The maximum atomic E-state index is 11.6. The predicted molar refractivity (Wildman–Crippen MR) is 111 cm³/mol. The number of carboxylic acids is 1. The molecule has 6 heteroatoms. The van der Waals surface area contributed by atoms with Crippen molar-refractivity contribution >= 4 is 5.97 Å². The lowest BCUT2D eigenvalue weighted by molar-refractivity contribution is 0.0695. The number of benzene rings is 1. The molecule has 0 amide bonds. The van der Waals surface area contributed by atoms with Crippen LogP contribution in [0.2, 0.25) is 0 Å². The number of nitriles is 1. The summed E-state index contributed by atoms with van der Waals surface area (Å²) in [4.78, 5) is 16.1. The van der Waals surface area contributed by atoms with Gasteiger partial charge in [-0.05, 0) is 81.2 Å². The molecule has 1 heterocycles. The number of methoxy groups -OCH3 is 1. The molecule has 1 saturated carbocycles. The van der Waals surface area contributed by atoms with E-state index < -0.39 is 11.4 Å². The first kappa shape index (κ1) is 20.2. The minimum Gasteiger partial charge on any atom is -0.493 e. The number of aromatic nitrogens is 1. The van der Waals surface area contributed by atoms with Crippen molar-refractivity contribution in [1.82, 2.24) is 4.98 Å². The summed E-state index contributed by atoms with van der Waals surface area (Å²) < 4.78 is 11.7. The number of aromatic carboxylic acids is 1. The van der Waals surface area contributed by atoms with Gasteiger partial charge < -0.3 is 14.6 Å². The van der Waals surface area contributed by atoms with E-state index in [4.69, 9.17) is 9.47 Å². The number of carbonyl (C=O) groups is 1. The molecule has 0 spiro atoms. The van der Waals surface area contributed by atoms with Crippen molar-refractivity contribution in [3.8, 4) is 17.6 Å². The highest BCUT2D eigenvalue weighted by Gasteiger charge is 2.38. The summed E-state index contributed by atoms with van der Waals surface area (Å²) >= 11 is 0. The summed E-state index contributed by atoms with van der Waals surface area (Å²) in [7, 11) is 1.62. The van der Waals surface area contributed by atoms with Crippen molar-refractivity contribution < 1.29 is 19.4 Å². The van der Waals surface area contributed by atoms with Crippen molar-refractivity contribution in [2.24, 2.45) is 0 Å². The second-order valence-corrected chi connectivity index (χ2v) is 8.29. The van der Waals surface area contributed by atoms with Crippen molar-refractivity contribution in [3.63, 3.8) is 0 Å². The first-order chi connectivity index (χ1) is 14.5. The molecule has 1 atom stereocenters. The number of rotatable bonds is 5. The molecule has 2 aliphatic carbocycles. The normalized spacial score (nSPS) is 21.0. The van der Waals surface area contributed by atoms with Crippen LogP contribution in [0, 0.1) is 18.3 Å². The summed E-state index contributed by atoms with van der Waals surface area (Å²) in [5.74, 6) is 0.351. The maximum Gasteiger partial charge on any atom is 0.337 e. The minimum absolute atomic E-state index is 0.185. The van der Waals surface area contributed by atoms with E-state index in [0.717, 1.165) is 29.7 Å². The largest absolute Gasteiger partial charge is 0.493 e. The first-order valence-corrected chi connectivity index (χ1v) is 10.4. The Morgan fingerprint density at radius 2 is 2.03 bits per heavy atom. The molecule has 0 bridgehead atoms. The van der Waals surface area contributed by atoms with Crippen molar-refractivity contribution in [3.05, 3.63) is 52.3 Å². The molecule has 0 saturated heterocycles. The van der Waals surface area contributed by atoms with Gasteiger partial charge in [0.1, 0.15) is 0 Å². The van der Waals surface area contributed by atoms with Crippen molar-refractivity contribution in [1.29, 1.82) is 5.26 Å². The van der Waals surface area contributed by atoms with E-state index in [1.54, 1.807) is 20.1 Å². The van der Waals surface area contributed by atoms with Gasteiger partial charge in [-0.2, -0.15) is 5.26 Å². The Bertz CT molecular complexity index is 1020. The van der Waals surface area contributed by atoms with Gasteiger partial charge in [0.05, 0.1) is 36.0 Å². The third kappa shape index (κ3) is 3.60. The zero-order valence-electron chi connectivity index (χ0n) is 17.4. The lowest BCUT2D eigenvalue weighted by Gasteiger charge is -2.33. The van der Waals surface area contributed by atoms with Gasteiger partial charge in [-0.1, -0.05) is 6.07 Å². The van der Waals surface area contributed by atoms with Crippen LogP contribution in [0.5, 0.6) is 11.5 Å². The molecular formula is C24H26N2O4. The standard InChI is InChI=1S/C24H26N2O4/c1-15-19(23(27)28)11-16-13-24(14-25,10-9-20(16)26-15)17-7-8-21(29-2)22(12-17)30-18-5-3-4-6-18/h7-8,11-12,18H,3-6,9-10,13H2,1-2H3,(H,27,28). The van der Waals surface area contributed by atoms with Crippen LogP contribution in [-0.2, 0) is 18.3 Å². The van der Waals surface area contributed by atoms with Crippen LogP contribution in [0.25, 0.3) is 0 Å². The van der Waals surface area contributed by atoms with E-state index >= 15 is 0 Å². The fourth-order valence-electron chi connectivity index (χ4n) is 4.69. The van der Waals surface area contributed by atoms with Gasteiger partial charge in [0.2, 0.25) is 0 Å². The summed E-state index contributed by atoms with van der Waals surface area (Å²) in [5, 5.41) is 19.7. The van der Waals surface area contributed by atoms with E-state index in [1.165, 1.54) is 12.8 Å². The van der Waals surface area contributed by atoms with E-state index in [0.29, 0.717) is 36.5 Å². The highest BCUT2D eigenvalue weighted by molar-refractivity contribution is 5.89. The van der Waals surface area contributed by atoms with Gasteiger partial charge in [-0.3, -0.25) is 4.98 Å². The monoisotopic (exact) mass is 406 g/mol. The second kappa shape index (κ2) is 7.98. The number of fused-ring (bicyclic) bond motifs is 1. The molecule has 1 N–H and O–H groups in total. The van der Waals surface area contributed by atoms with Gasteiger partial charge in [0.25, 0.3) is 0 Å². The molecule has 30 heavy (non-hydrogen) atoms. The van der Waals surface area contributed by atoms with Gasteiger partial charge in [-0.15, -0.1) is 0 Å².